The summed E-state index contributed by atoms with van der Waals surface area (Å²) in [6, 6.07) is 7.73. The minimum absolute atomic E-state index is 0.0760. The van der Waals surface area contributed by atoms with E-state index in [1.54, 1.807) is 24.3 Å². The Morgan fingerprint density at radius 1 is 1.24 bits per heavy atom. The van der Waals surface area contributed by atoms with Gasteiger partial charge in [0.2, 0.25) is 11.8 Å². The van der Waals surface area contributed by atoms with Crippen LogP contribution in [0.5, 0.6) is 0 Å². The maximum Gasteiger partial charge on any atom is 0.248 e. The lowest BCUT2D eigenvalue weighted by atomic mass is 9.87. The zero-order valence-corrected chi connectivity index (χ0v) is 12.8. The third-order valence-electron chi connectivity index (χ3n) is 3.23. The average molecular weight is 307 g/mol. The molecule has 0 aliphatic carbocycles. The van der Waals surface area contributed by atoms with E-state index in [0.717, 1.165) is 4.90 Å². The summed E-state index contributed by atoms with van der Waals surface area (Å²) in [7, 11) is -3.74. The molecule has 1 aliphatic heterocycles. The number of amides is 2. The van der Waals surface area contributed by atoms with Gasteiger partial charge < -0.3 is 0 Å². The second-order valence-electron chi connectivity index (χ2n) is 5.71. The smallest absolute Gasteiger partial charge is 0.248 e. The molecule has 0 atom stereocenters. The van der Waals surface area contributed by atoms with Crippen molar-refractivity contribution in [1.29, 1.82) is 0 Å². The molecule has 0 saturated carbocycles. The van der Waals surface area contributed by atoms with Crippen LogP contribution in [-0.2, 0) is 19.4 Å². The van der Waals surface area contributed by atoms with E-state index in [0.29, 0.717) is 0 Å². The van der Waals surface area contributed by atoms with Gasteiger partial charge in [0.25, 0.3) is 0 Å². The van der Waals surface area contributed by atoms with Crippen molar-refractivity contribution in [3.05, 3.63) is 42.6 Å². The van der Waals surface area contributed by atoms with E-state index in [1.165, 1.54) is 18.3 Å². The Hall–Kier alpha value is -1.95. The maximum atomic E-state index is 12.1. The monoisotopic (exact) mass is 307 g/mol. The SMILES string of the molecule is CC1(C)C=CN(C(=O)CS(=O)(=O)c2ccccc2)C(=O)C1. The number of hydrogen-bond donors (Lipinski definition) is 0. The van der Waals surface area contributed by atoms with Crippen LogP contribution in [-0.4, -0.2) is 30.9 Å². The molecule has 1 aromatic rings. The van der Waals surface area contributed by atoms with E-state index in [9.17, 15) is 18.0 Å². The Balaban J connectivity index is 2.18. The number of carbonyl (C=O) groups is 2. The van der Waals surface area contributed by atoms with Crippen LogP contribution in [0.2, 0.25) is 0 Å². The molecule has 1 heterocycles. The Bertz CT molecular complexity index is 690. The Labute approximate surface area is 124 Å². The molecule has 1 aliphatic rings. The zero-order chi connectivity index (χ0) is 15.7. The molecule has 0 fully saturated rings. The van der Waals surface area contributed by atoms with Crippen LogP contribution in [0.25, 0.3) is 0 Å². The number of rotatable bonds is 3. The first-order valence-electron chi connectivity index (χ1n) is 6.53. The Morgan fingerprint density at radius 2 is 1.86 bits per heavy atom. The lowest BCUT2D eigenvalue weighted by molar-refractivity contribution is -0.141. The fourth-order valence-electron chi connectivity index (χ4n) is 2.06. The number of carbonyl (C=O) groups excluding carboxylic acids is 2. The summed E-state index contributed by atoms with van der Waals surface area (Å²) in [5.41, 5.74) is -0.313. The predicted molar refractivity (Wildman–Crippen MR) is 77.9 cm³/mol. The normalized spacial score (nSPS) is 17.8. The molecule has 0 N–H and O–H groups in total. The van der Waals surface area contributed by atoms with Crippen molar-refractivity contribution in [1.82, 2.24) is 4.90 Å². The summed E-state index contributed by atoms with van der Waals surface area (Å²) < 4.78 is 24.3. The first-order chi connectivity index (χ1) is 9.71. The second kappa shape index (κ2) is 5.44. The Kier molecular flexibility index (Phi) is 4.00. The molecule has 0 saturated heterocycles. The standard InChI is InChI=1S/C15H17NO4S/c1-15(2)8-9-16(13(17)10-15)14(18)11-21(19,20)12-6-4-3-5-7-12/h3-9H,10-11H2,1-2H3. The molecule has 0 unspecified atom stereocenters. The lowest BCUT2D eigenvalue weighted by Crippen LogP contribution is -2.41. The highest BCUT2D eigenvalue weighted by Crippen LogP contribution is 2.27. The third-order valence-corrected chi connectivity index (χ3v) is 4.85. The van der Waals surface area contributed by atoms with E-state index in [2.05, 4.69) is 0 Å². The Morgan fingerprint density at radius 3 is 2.43 bits per heavy atom. The molecule has 112 valence electrons. The van der Waals surface area contributed by atoms with Gasteiger partial charge >= 0.3 is 0 Å². The first kappa shape index (κ1) is 15.4. The summed E-state index contributed by atoms with van der Waals surface area (Å²) in [5, 5.41) is 0. The van der Waals surface area contributed by atoms with Crippen molar-refractivity contribution in [3.8, 4) is 0 Å². The minimum Gasteiger partial charge on any atom is -0.274 e. The van der Waals surface area contributed by atoms with Gasteiger partial charge in [-0.05, 0) is 17.5 Å². The molecular formula is C15H17NO4S. The summed E-state index contributed by atoms with van der Waals surface area (Å²) in [4.78, 5) is 25.0. The van der Waals surface area contributed by atoms with E-state index < -0.39 is 21.5 Å². The summed E-state index contributed by atoms with van der Waals surface area (Å²) >= 11 is 0. The molecule has 0 aromatic heterocycles. The summed E-state index contributed by atoms with van der Waals surface area (Å²) in [5.74, 6) is -1.82. The lowest BCUT2D eigenvalue weighted by Gasteiger charge is -2.29. The van der Waals surface area contributed by atoms with Crippen LogP contribution in [0.1, 0.15) is 20.3 Å². The van der Waals surface area contributed by atoms with Crippen molar-refractivity contribution in [3.63, 3.8) is 0 Å². The van der Waals surface area contributed by atoms with E-state index >= 15 is 0 Å². The zero-order valence-electron chi connectivity index (χ0n) is 11.9. The van der Waals surface area contributed by atoms with Gasteiger partial charge in [-0.3, -0.25) is 14.5 Å². The van der Waals surface area contributed by atoms with Crippen LogP contribution >= 0.6 is 0 Å². The topological polar surface area (TPSA) is 71.5 Å². The molecule has 0 radical (unpaired) electrons. The van der Waals surface area contributed by atoms with Crippen molar-refractivity contribution >= 4 is 21.7 Å². The van der Waals surface area contributed by atoms with E-state index in [4.69, 9.17) is 0 Å². The largest absolute Gasteiger partial charge is 0.274 e. The highest BCUT2D eigenvalue weighted by molar-refractivity contribution is 7.92. The van der Waals surface area contributed by atoms with Gasteiger partial charge in [-0.25, -0.2) is 8.42 Å². The first-order valence-corrected chi connectivity index (χ1v) is 8.19. The van der Waals surface area contributed by atoms with Gasteiger partial charge in [0, 0.05) is 12.6 Å². The number of hydrogen-bond acceptors (Lipinski definition) is 4. The number of benzene rings is 1. The molecule has 0 bridgehead atoms. The fraction of sp³-hybridized carbons (Fsp3) is 0.333. The second-order valence-corrected chi connectivity index (χ2v) is 7.70. The van der Waals surface area contributed by atoms with E-state index in [1.807, 2.05) is 13.8 Å². The maximum absolute atomic E-state index is 12.1. The van der Waals surface area contributed by atoms with Crippen molar-refractivity contribution in [2.75, 3.05) is 5.75 Å². The summed E-state index contributed by atoms with van der Waals surface area (Å²) in [6.07, 6.45) is 3.29. The highest BCUT2D eigenvalue weighted by atomic mass is 32.2. The van der Waals surface area contributed by atoms with Crippen molar-refractivity contribution in [2.45, 2.75) is 25.2 Å². The van der Waals surface area contributed by atoms with Gasteiger partial charge in [-0.1, -0.05) is 38.1 Å². The third kappa shape index (κ3) is 3.58. The van der Waals surface area contributed by atoms with E-state index in [-0.39, 0.29) is 22.6 Å². The predicted octanol–water partition coefficient (Wildman–Crippen LogP) is 1.76. The molecule has 6 heteroatoms. The highest BCUT2D eigenvalue weighted by Gasteiger charge is 2.32. The average Bonchev–Trinajstić information content (AvgIpc) is 2.37. The number of imide groups is 1. The molecule has 1 aromatic carbocycles. The molecular weight excluding hydrogens is 290 g/mol. The molecule has 2 rings (SSSR count). The van der Waals surface area contributed by atoms with Gasteiger partial charge in [-0.2, -0.15) is 0 Å². The quantitative estimate of drug-likeness (QED) is 0.853. The molecule has 2 amide bonds. The molecule has 5 nitrogen and oxygen atoms in total. The van der Waals surface area contributed by atoms with Crippen LogP contribution in [0.3, 0.4) is 0 Å². The molecule has 21 heavy (non-hydrogen) atoms. The number of nitrogens with zero attached hydrogens (tertiary/aromatic N) is 1. The van der Waals surface area contributed by atoms with Gasteiger partial charge in [0.05, 0.1) is 4.90 Å². The van der Waals surface area contributed by atoms with Crippen LogP contribution < -0.4 is 0 Å². The fourth-order valence-corrected chi connectivity index (χ4v) is 3.26. The van der Waals surface area contributed by atoms with Gasteiger partial charge in [0.1, 0.15) is 5.75 Å². The van der Waals surface area contributed by atoms with Crippen LogP contribution in [0.4, 0.5) is 0 Å². The van der Waals surface area contributed by atoms with Crippen LogP contribution in [0, 0.1) is 5.41 Å². The van der Waals surface area contributed by atoms with Crippen molar-refractivity contribution < 1.29 is 18.0 Å². The number of sulfone groups is 1. The molecule has 0 spiro atoms. The summed E-state index contributed by atoms with van der Waals surface area (Å²) in [6.45, 7) is 3.76. The number of allylic oxidation sites excluding steroid dienone is 1. The van der Waals surface area contributed by atoms with Gasteiger partial charge in [0.15, 0.2) is 9.84 Å². The van der Waals surface area contributed by atoms with Crippen molar-refractivity contribution in [2.24, 2.45) is 5.41 Å². The van der Waals surface area contributed by atoms with Gasteiger partial charge in [-0.15, -0.1) is 0 Å². The minimum atomic E-state index is -3.74. The van der Waals surface area contributed by atoms with Crippen LogP contribution in [0.15, 0.2) is 47.5 Å².